The van der Waals surface area contributed by atoms with Crippen molar-refractivity contribution in [1.82, 2.24) is 0 Å². The summed E-state index contributed by atoms with van der Waals surface area (Å²) in [5.74, 6) is 0.876. The summed E-state index contributed by atoms with van der Waals surface area (Å²) in [5, 5.41) is 10.4. The number of ether oxygens (including phenoxy) is 3. The second kappa shape index (κ2) is 7.79. The molecule has 0 bridgehead atoms. The zero-order valence-electron chi connectivity index (χ0n) is 18.2. The number of methoxy groups -OCH3 is 2. The highest BCUT2D eigenvalue weighted by molar-refractivity contribution is 6.74. The van der Waals surface area contributed by atoms with Gasteiger partial charge in [-0.25, -0.2) is 4.79 Å². The van der Waals surface area contributed by atoms with Gasteiger partial charge >= 0.3 is 5.97 Å². The topological polar surface area (TPSA) is 74.2 Å². The maximum atomic E-state index is 12.6. The zero-order valence-corrected chi connectivity index (χ0v) is 19.2. The van der Waals surface area contributed by atoms with Crippen LogP contribution in [0.3, 0.4) is 0 Å². The van der Waals surface area contributed by atoms with Gasteiger partial charge in [0.25, 0.3) is 8.32 Å². The molecule has 0 spiro atoms. The van der Waals surface area contributed by atoms with Crippen molar-refractivity contribution in [3.8, 4) is 17.2 Å². The summed E-state index contributed by atoms with van der Waals surface area (Å²) in [7, 11) is 0.759. The highest BCUT2D eigenvalue weighted by Gasteiger charge is 2.43. The Morgan fingerprint density at radius 2 is 1.79 bits per heavy atom. The highest BCUT2D eigenvalue weighted by Crippen LogP contribution is 2.50. The van der Waals surface area contributed by atoms with Gasteiger partial charge in [0, 0.05) is 12.0 Å². The number of hydrogen-bond acceptors (Lipinski definition) is 6. The summed E-state index contributed by atoms with van der Waals surface area (Å²) in [6.07, 6.45) is -0.616. The molecule has 1 aliphatic heterocycles. The monoisotopic (exact) mass is 408 g/mol. The Hall–Kier alpha value is -1.99. The summed E-state index contributed by atoms with van der Waals surface area (Å²) >= 11 is 0. The van der Waals surface area contributed by atoms with E-state index >= 15 is 0 Å². The first-order chi connectivity index (χ1) is 12.9. The second-order valence-electron chi connectivity index (χ2n) is 8.73. The van der Waals surface area contributed by atoms with Crippen molar-refractivity contribution in [2.24, 2.45) is 0 Å². The molecule has 1 unspecified atom stereocenters. The molecule has 0 fully saturated rings. The third kappa shape index (κ3) is 3.91. The lowest BCUT2D eigenvalue weighted by Gasteiger charge is -2.38. The summed E-state index contributed by atoms with van der Waals surface area (Å²) < 4.78 is 23.1. The Labute approximate surface area is 168 Å². The standard InChI is InChI=1S/C21H32O6Si/c1-12(2)15(22)10-13-17(27-28(8,9)21(3,4)5)16-14(11-26-20(16)23)19(25-7)18(13)24-6/h15,22H,1,10-11H2,2-9H3. The number of cyclic esters (lactones) is 1. The Morgan fingerprint density at radius 3 is 2.25 bits per heavy atom. The average molecular weight is 409 g/mol. The van der Waals surface area contributed by atoms with Crippen LogP contribution in [0.2, 0.25) is 18.1 Å². The molecule has 0 amide bonds. The molecule has 1 atom stereocenters. The maximum Gasteiger partial charge on any atom is 0.342 e. The van der Waals surface area contributed by atoms with Crippen LogP contribution in [0.4, 0.5) is 0 Å². The first-order valence-corrected chi connectivity index (χ1v) is 12.3. The first kappa shape index (κ1) is 22.3. The van der Waals surface area contributed by atoms with E-state index in [4.69, 9.17) is 18.6 Å². The molecule has 0 saturated heterocycles. The Balaban J connectivity index is 2.81. The number of fused-ring (bicyclic) bond motifs is 1. The summed E-state index contributed by atoms with van der Waals surface area (Å²) in [4.78, 5) is 12.6. The Morgan fingerprint density at radius 1 is 1.21 bits per heavy atom. The smallest absolute Gasteiger partial charge is 0.342 e. The molecule has 7 heteroatoms. The minimum atomic E-state index is -2.30. The van der Waals surface area contributed by atoms with Crippen LogP contribution in [0.5, 0.6) is 17.2 Å². The quantitative estimate of drug-likeness (QED) is 0.413. The fourth-order valence-electron chi connectivity index (χ4n) is 2.85. The van der Waals surface area contributed by atoms with Crippen LogP contribution in [-0.2, 0) is 17.8 Å². The second-order valence-corrected chi connectivity index (χ2v) is 13.5. The predicted molar refractivity (Wildman–Crippen MR) is 111 cm³/mol. The maximum absolute atomic E-state index is 12.6. The molecule has 1 aromatic rings. The van der Waals surface area contributed by atoms with Gasteiger partial charge < -0.3 is 23.7 Å². The van der Waals surface area contributed by atoms with Gasteiger partial charge in [0.1, 0.15) is 17.9 Å². The number of benzene rings is 1. The highest BCUT2D eigenvalue weighted by atomic mass is 28.4. The lowest BCUT2D eigenvalue weighted by atomic mass is 9.95. The summed E-state index contributed by atoms with van der Waals surface area (Å²) in [6, 6.07) is 0. The normalized spacial score (nSPS) is 15.0. The van der Waals surface area contributed by atoms with Crippen molar-refractivity contribution in [1.29, 1.82) is 0 Å². The summed E-state index contributed by atoms with van der Waals surface area (Å²) in [6.45, 7) is 16.3. The minimum absolute atomic E-state index is 0.0835. The number of carbonyl (C=O) groups excluding carboxylic acids is 1. The largest absolute Gasteiger partial charge is 0.543 e. The van der Waals surface area contributed by atoms with E-state index in [1.807, 2.05) is 0 Å². The molecule has 28 heavy (non-hydrogen) atoms. The van der Waals surface area contributed by atoms with Crippen LogP contribution in [0.1, 0.15) is 49.2 Å². The summed E-state index contributed by atoms with van der Waals surface area (Å²) in [5.41, 5.74) is 2.19. The molecule has 0 aromatic heterocycles. The van der Waals surface area contributed by atoms with Crippen molar-refractivity contribution >= 4 is 14.3 Å². The van der Waals surface area contributed by atoms with Gasteiger partial charge in [-0.15, -0.1) is 0 Å². The van der Waals surface area contributed by atoms with Gasteiger partial charge in [0.2, 0.25) is 0 Å². The van der Waals surface area contributed by atoms with Gasteiger partial charge in [-0.2, -0.15) is 0 Å². The van der Waals surface area contributed by atoms with Crippen molar-refractivity contribution in [2.45, 2.75) is 65.0 Å². The molecule has 0 aliphatic carbocycles. The predicted octanol–water partition coefficient (Wildman–Crippen LogP) is 4.24. The van der Waals surface area contributed by atoms with E-state index in [1.54, 1.807) is 6.92 Å². The average Bonchev–Trinajstić information content (AvgIpc) is 2.96. The van der Waals surface area contributed by atoms with Crippen LogP contribution in [0, 0.1) is 0 Å². The molecule has 156 valence electrons. The minimum Gasteiger partial charge on any atom is -0.543 e. The number of aliphatic hydroxyl groups excluding tert-OH is 1. The van der Waals surface area contributed by atoms with Crippen LogP contribution >= 0.6 is 0 Å². The molecule has 0 radical (unpaired) electrons. The lowest BCUT2D eigenvalue weighted by Crippen LogP contribution is -2.44. The molecule has 0 saturated carbocycles. The number of hydrogen-bond donors (Lipinski definition) is 1. The van der Waals surface area contributed by atoms with Gasteiger partial charge in [-0.3, -0.25) is 0 Å². The molecular formula is C21H32O6Si. The third-order valence-corrected chi connectivity index (χ3v) is 9.97. The molecule has 1 aliphatic rings. The van der Waals surface area contributed by atoms with Crippen molar-refractivity contribution in [3.63, 3.8) is 0 Å². The van der Waals surface area contributed by atoms with Crippen LogP contribution in [-0.4, -0.2) is 39.7 Å². The number of rotatable bonds is 7. The Bertz CT molecular complexity index is 791. The molecule has 1 N–H and O–H groups in total. The molecule has 2 rings (SSSR count). The van der Waals surface area contributed by atoms with E-state index in [9.17, 15) is 9.90 Å². The van der Waals surface area contributed by atoms with Crippen LogP contribution in [0.15, 0.2) is 12.2 Å². The van der Waals surface area contributed by atoms with Crippen molar-refractivity contribution in [2.75, 3.05) is 14.2 Å². The van der Waals surface area contributed by atoms with Gasteiger partial charge in [0.15, 0.2) is 11.5 Å². The van der Waals surface area contributed by atoms with E-state index in [0.29, 0.717) is 39.5 Å². The van der Waals surface area contributed by atoms with E-state index in [0.717, 1.165) is 0 Å². The SMILES string of the molecule is C=C(C)C(O)Cc1c(OC)c(OC)c2c(c1O[Si](C)(C)C(C)(C)C)C(=O)OC2. The van der Waals surface area contributed by atoms with E-state index < -0.39 is 20.4 Å². The zero-order chi connectivity index (χ0) is 21.4. The number of aliphatic hydroxyl groups is 1. The third-order valence-electron chi connectivity index (χ3n) is 5.65. The van der Waals surface area contributed by atoms with E-state index in [1.165, 1.54) is 14.2 Å². The molecular weight excluding hydrogens is 376 g/mol. The lowest BCUT2D eigenvalue weighted by molar-refractivity contribution is 0.0532. The molecule has 6 nitrogen and oxygen atoms in total. The molecule has 1 heterocycles. The van der Waals surface area contributed by atoms with Crippen LogP contribution in [0.25, 0.3) is 0 Å². The Kier molecular flexibility index (Phi) is 6.21. The number of esters is 1. The van der Waals surface area contributed by atoms with Gasteiger partial charge in [0.05, 0.1) is 25.9 Å². The number of carbonyl (C=O) groups is 1. The molecule has 1 aromatic carbocycles. The first-order valence-electron chi connectivity index (χ1n) is 9.35. The fraction of sp³-hybridized carbons (Fsp3) is 0.571. The van der Waals surface area contributed by atoms with Crippen molar-refractivity contribution < 1.29 is 28.5 Å². The van der Waals surface area contributed by atoms with Crippen LogP contribution < -0.4 is 13.9 Å². The van der Waals surface area contributed by atoms with Gasteiger partial charge in [-0.1, -0.05) is 32.9 Å². The van der Waals surface area contributed by atoms with E-state index in [2.05, 4.69) is 40.4 Å². The van der Waals surface area contributed by atoms with Crippen molar-refractivity contribution in [3.05, 3.63) is 28.8 Å². The van der Waals surface area contributed by atoms with E-state index in [-0.39, 0.29) is 18.1 Å². The van der Waals surface area contributed by atoms with Gasteiger partial charge in [-0.05, 0) is 25.1 Å². The fourth-order valence-corrected chi connectivity index (χ4v) is 3.89.